The van der Waals surface area contributed by atoms with E-state index in [0.717, 1.165) is 25.0 Å². The van der Waals surface area contributed by atoms with Crippen LogP contribution in [0, 0.1) is 0 Å². The van der Waals surface area contributed by atoms with E-state index in [1.165, 1.54) is 39.2 Å². The molecule has 4 nitrogen and oxygen atoms in total. The van der Waals surface area contributed by atoms with Gasteiger partial charge >= 0.3 is 5.97 Å². The molecule has 124 valence electrons. The first-order valence-corrected chi connectivity index (χ1v) is 8.21. The Kier molecular flexibility index (Phi) is 9.92. The summed E-state index contributed by atoms with van der Waals surface area (Å²) in [6.07, 6.45) is 9.68. The molecule has 0 spiro atoms. The van der Waals surface area contributed by atoms with Gasteiger partial charge < -0.3 is 14.6 Å². The molecule has 1 aromatic carbocycles. The van der Waals surface area contributed by atoms with Crippen LogP contribution in [-0.4, -0.2) is 24.8 Å². The molecule has 1 rings (SSSR count). The minimum absolute atomic E-state index is 0.105. The Balaban J connectivity index is 1.85. The van der Waals surface area contributed by atoms with Crippen LogP contribution >= 0.6 is 0 Å². The molecule has 0 bridgehead atoms. The van der Waals surface area contributed by atoms with Crippen molar-refractivity contribution >= 4 is 5.97 Å². The Bertz CT molecular complexity index is 417. The van der Waals surface area contributed by atoms with Gasteiger partial charge in [0.25, 0.3) is 0 Å². The summed E-state index contributed by atoms with van der Waals surface area (Å²) in [5.41, 5.74) is 0. The molecule has 0 fully saturated rings. The zero-order chi connectivity index (χ0) is 16.0. The molecule has 0 aliphatic heterocycles. The van der Waals surface area contributed by atoms with Crippen molar-refractivity contribution in [2.75, 3.05) is 13.7 Å². The fraction of sp³-hybridized carbons (Fsp3) is 0.611. The third-order valence-corrected chi connectivity index (χ3v) is 3.59. The lowest BCUT2D eigenvalue weighted by molar-refractivity contribution is -0.140. The first-order valence-electron chi connectivity index (χ1n) is 8.21. The van der Waals surface area contributed by atoms with Gasteiger partial charge in [0.05, 0.1) is 13.7 Å². The summed E-state index contributed by atoms with van der Waals surface area (Å²) in [6, 6.07) is 6.91. The molecule has 0 heterocycles. The van der Waals surface area contributed by atoms with E-state index in [1.807, 2.05) is 6.07 Å². The Morgan fingerprint density at radius 3 is 2.27 bits per heavy atom. The highest BCUT2D eigenvalue weighted by Gasteiger charge is 1.99. The molecule has 22 heavy (non-hydrogen) atoms. The van der Waals surface area contributed by atoms with E-state index in [9.17, 15) is 9.90 Å². The van der Waals surface area contributed by atoms with E-state index < -0.39 is 0 Å². The van der Waals surface area contributed by atoms with Crippen LogP contribution in [0.25, 0.3) is 0 Å². The number of unbranched alkanes of at least 4 members (excludes halogenated alkanes) is 7. The quantitative estimate of drug-likeness (QED) is 0.457. The first kappa shape index (κ1) is 18.3. The highest BCUT2D eigenvalue weighted by molar-refractivity contribution is 5.68. The molecule has 1 N–H and O–H groups in total. The van der Waals surface area contributed by atoms with Crippen LogP contribution in [-0.2, 0) is 9.53 Å². The number of phenolic OH excluding ortho intramolecular Hbond substituents is 1. The number of rotatable bonds is 12. The molecule has 0 amide bonds. The number of esters is 1. The second-order valence-electron chi connectivity index (χ2n) is 5.50. The fourth-order valence-electron chi connectivity index (χ4n) is 2.30. The van der Waals surface area contributed by atoms with Crippen LogP contribution in [0.5, 0.6) is 11.5 Å². The van der Waals surface area contributed by atoms with E-state index >= 15 is 0 Å². The Labute approximate surface area is 133 Å². The van der Waals surface area contributed by atoms with Crippen molar-refractivity contribution in [1.29, 1.82) is 0 Å². The number of aromatic hydroxyl groups is 1. The molecule has 0 aromatic heterocycles. The summed E-state index contributed by atoms with van der Waals surface area (Å²) in [4.78, 5) is 10.9. The number of carbonyl (C=O) groups excluding carboxylic acids is 1. The molecular weight excluding hydrogens is 280 g/mol. The van der Waals surface area contributed by atoms with E-state index in [2.05, 4.69) is 4.74 Å². The van der Waals surface area contributed by atoms with Crippen molar-refractivity contribution in [2.45, 2.75) is 57.8 Å². The van der Waals surface area contributed by atoms with E-state index in [0.29, 0.717) is 13.0 Å². The maximum Gasteiger partial charge on any atom is 0.305 e. The van der Waals surface area contributed by atoms with Gasteiger partial charge in [-0.3, -0.25) is 4.79 Å². The average Bonchev–Trinajstić information content (AvgIpc) is 2.52. The Morgan fingerprint density at radius 2 is 1.64 bits per heavy atom. The predicted octanol–water partition coefficient (Wildman–Crippen LogP) is 4.45. The fourth-order valence-corrected chi connectivity index (χ4v) is 2.30. The van der Waals surface area contributed by atoms with Gasteiger partial charge in [0.1, 0.15) is 11.5 Å². The smallest absolute Gasteiger partial charge is 0.305 e. The normalized spacial score (nSPS) is 10.4. The van der Waals surface area contributed by atoms with Gasteiger partial charge in [0.2, 0.25) is 0 Å². The van der Waals surface area contributed by atoms with Crippen LogP contribution < -0.4 is 4.74 Å². The third kappa shape index (κ3) is 9.27. The number of benzene rings is 1. The highest BCUT2D eigenvalue weighted by atomic mass is 16.5. The highest BCUT2D eigenvalue weighted by Crippen LogP contribution is 2.18. The summed E-state index contributed by atoms with van der Waals surface area (Å²) in [6.45, 7) is 0.697. The molecule has 0 saturated carbocycles. The molecule has 0 atom stereocenters. The minimum Gasteiger partial charge on any atom is -0.508 e. The lowest BCUT2D eigenvalue weighted by atomic mass is 10.1. The molecule has 0 aliphatic carbocycles. The zero-order valence-electron chi connectivity index (χ0n) is 13.6. The average molecular weight is 308 g/mol. The number of hydrogen-bond donors (Lipinski definition) is 1. The molecule has 0 aliphatic rings. The minimum atomic E-state index is -0.105. The SMILES string of the molecule is COC(=O)CCCCCCCCCCOc1cccc(O)c1. The summed E-state index contributed by atoms with van der Waals surface area (Å²) in [7, 11) is 1.44. The lowest BCUT2D eigenvalue weighted by Crippen LogP contribution is -1.99. The van der Waals surface area contributed by atoms with Crippen molar-refractivity contribution < 1.29 is 19.4 Å². The van der Waals surface area contributed by atoms with E-state index in [4.69, 9.17) is 4.74 Å². The monoisotopic (exact) mass is 308 g/mol. The van der Waals surface area contributed by atoms with Gasteiger partial charge in [-0.2, -0.15) is 0 Å². The summed E-state index contributed by atoms with van der Waals surface area (Å²) >= 11 is 0. The van der Waals surface area contributed by atoms with Crippen LogP contribution in [0.2, 0.25) is 0 Å². The molecule has 0 saturated heterocycles. The van der Waals surface area contributed by atoms with Crippen molar-refractivity contribution in [3.63, 3.8) is 0 Å². The zero-order valence-corrected chi connectivity index (χ0v) is 13.6. The lowest BCUT2D eigenvalue weighted by Gasteiger charge is -2.06. The van der Waals surface area contributed by atoms with Gasteiger partial charge in [-0.05, 0) is 25.0 Å². The van der Waals surface area contributed by atoms with Crippen LogP contribution in [0.15, 0.2) is 24.3 Å². The summed E-state index contributed by atoms with van der Waals surface area (Å²) in [5, 5.41) is 9.31. The topological polar surface area (TPSA) is 55.8 Å². The number of phenols is 1. The second-order valence-corrected chi connectivity index (χ2v) is 5.50. The molecule has 0 radical (unpaired) electrons. The van der Waals surface area contributed by atoms with Crippen molar-refractivity contribution in [2.24, 2.45) is 0 Å². The van der Waals surface area contributed by atoms with Crippen molar-refractivity contribution in [3.8, 4) is 11.5 Å². The first-order chi connectivity index (χ1) is 10.7. The number of methoxy groups -OCH3 is 1. The van der Waals surface area contributed by atoms with Crippen LogP contribution in [0.3, 0.4) is 0 Å². The number of ether oxygens (including phenoxy) is 2. The van der Waals surface area contributed by atoms with Gasteiger partial charge in [-0.25, -0.2) is 0 Å². The van der Waals surface area contributed by atoms with Gasteiger partial charge in [-0.15, -0.1) is 0 Å². The number of carbonyl (C=O) groups is 1. The Hall–Kier alpha value is -1.71. The standard InChI is InChI=1S/C18H28O4/c1-21-18(20)13-8-6-4-2-3-5-7-9-14-22-17-12-10-11-16(19)15-17/h10-12,15,19H,2-9,13-14H2,1H3. The summed E-state index contributed by atoms with van der Waals surface area (Å²) < 4.78 is 10.2. The van der Waals surface area contributed by atoms with Gasteiger partial charge in [0, 0.05) is 12.5 Å². The third-order valence-electron chi connectivity index (χ3n) is 3.59. The largest absolute Gasteiger partial charge is 0.508 e. The van der Waals surface area contributed by atoms with Crippen molar-refractivity contribution in [3.05, 3.63) is 24.3 Å². The number of hydrogen-bond acceptors (Lipinski definition) is 4. The summed E-state index contributed by atoms with van der Waals surface area (Å²) in [5.74, 6) is 0.863. The van der Waals surface area contributed by atoms with Gasteiger partial charge in [0.15, 0.2) is 0 Å². The second kappa shape index (κ2) is 11.9. The molecular formula is C18H28O4. The maximum atomic E-state index is 10.9. The molecule has 4 heteroatoms. The predicted molar refractivity (Wildman–Crippen MR) is 87.2 cm³/mol. The van der Waals surface area contributed by atoms with Crippen LogP contribution in [0.4, 0.5) is 0 Å². The Morgan fingerprint density at radius 1 is 1.00 bits per heavy atom. The van der Waals surface area contributed by atoms with E-state index in [1.54, 1.807) is 18.2 Å². The molecule has 1 aromatic rings. The molecule has 0 unspecified atom stereocenters. The van der Waals surface area contributed by atoms with Crippen molar-refractivity contribution in [1.82, 2.24) is 0 Å². The van der Waals surface area contributed by atoms with Gasteiger partial charge in [-0.1, -0.05) is 44.6 Å². The van der Waals surface area contributed by atoms with E-state index in [-0.39, 0.29) is 11.7 Å². The maximum absolute atomic E-state index is 10.9. The van der Waals surface area contributed by atoms with Crippen LogP contribution in [0.1, 0.15) is 57.8 Å².